The molecule has 1 aliphatic rings. The van der Waals surface area contributed by atoms with Crippen molar-refractivity contribution in [2.24, 2.45) is 7.05 Å². The van der Waals surface area contributed by atoms with E-state index in [1.807, 2.05) is 0 Å². The zero-order valence-corrected chi connectivity index (χ0v) is 13.8. The lowest BCUT2D eigenvalue weighted by Crippen LogP contribution is -2.45. The summed E-state index contributed by atoms with van der Waals surface area (Å²) in [4.78, 5) is 2.60. The van der Waals surface area contributed by atoms with E-state index in [4.69, 9.17) is 0 Å². The molecule has 120 valence electrons. The van der Waals surface area contributed by atoms with Crippen molar-refractivity contribution in [3.8, 4) is 0 Å². The van der Waals surface area contributed by atoms with Crippen molar-refractivity contribution in [2.75, 3.05) is 26.7 Å². The summed E-state index contributed by atoms with van der Waals surface area (Å²) in [6, 6.07) is 1.60. The van der Waals surface area contributed by atoms with E-state index in [9.17, 15) is 13.5 Å². The van der Waals surface area contributed by atoms with Gasteiger partial charge in [0.2, 0.25) is 10.0 Å². The number of aliphatic hydroxyl groups excluding tert-OH is 1. The van der Waals surface area contributed by atoms with E-state index >= 15 is 0 Å². The molecule has 2 rings (SSSR count). The predicted octanol–water partition coefficient (Wildman–Crippen LogP) is 0.622. The highest BCUT2D eigenvalue weighted by Gasteiger charge is 2.31. The molecule has 1 N–H and O–H groups in total. The van der Waals surface area contributed by atoms with Gasteiger partial charge in [-0.2, -0.15) is 4.31 Å². The summed E-state index contributed by atoms with van der Waals surface area (Å²) in [6.07, 6.45) is 3.30. The van der Waals surface area contributed by atoms with Crippen molar-refractivity contribution in [3.05, 3.63) is 18.0 Å². The molecule has 0 aromatic carbocycles. The van der Waals surface area contributed by atoms with E-state index in [1.54, 1.807) is 30.9 Å². The third kappa shape index (κ3) is 3.31. The molecule has 7 heteroatoms. The maximum Gasteiger partial charge on any atom is 0.244 e. The lowest BCUT2D eigenvalue weighted by Gasteiger charge is -2.35. The number of rotatable bonds is 5. The number of hydrogen-bond acceptors (Lipinski definition) is 4. The molecule has 0 bridgehead atoms. The second-order valence-electron chi connectivity index (χ2n) is 5.62. The van der Waals surface area contributed by atoms with Gasteiger partial charge in [0.25, 0.3) is 0 Å². The predicted molar refractivity (Wildman–Crippen MR) is 81.4 cm³/mol. The van der Waals surface area contributed by atoms with Crippen LogP contribution in [0.1, 0.15) is 25.5 Å². The van der Waals surface area contributed by atoms with Gasteiger partial charge in [0.1, 0.15) is 4.90 Å². The first-order valence-corrected chi connectivity index (χ1v) is 8.80. The second kappa shape index (κ2) is 6.48. The Balaban J connectivity index is 2.15. The van der Waals surface area contributed by atoms with Crippen molar-refractivity contribution in [3.63, 3.8) is 0 Å². The zero-order chi connectivity index (χ0) is 15.6. The van der Waals surface area contributed by atoms with Crippen LogP contribution in [-0.2, 0) is 23.7 Å². The van der Waals surface area contributed by atoms with Gasteiger partial charge in [-0.15, -0.1) is 0 Å². The molecule has 0 amide bonds. The second-order valence-corrected chi connectivity index (χ2v) is 7.62. The molecule has 2 heterocycles. The Kier molecular flexibility index (Phi) is 5.08. The van der Waals surface area contributed by atoms with Crippen LogP contribution in [0, 0.1) is 0 Å². The molecule has 6 nitrogen and oxygen atoms in total. The van der Waals surface area contributed by atoms with Crippen molar-refractivity contribution in [2.45, 2.75) is 37.3 Å². The molecular weight excluding hydrogens is 290 g/mol. The number of likely N-dealkylation sites (tertiary alicyclic amines) is 1. The monoisotopic (exact) mass is 315 g/mol. The fourth-order valence-electron chi connectivity index (χ4n) is 2.84. The van der Waals surface area contributed by atoms with Crippen LogP contribution in [0.3, 0.4) is 0 Å². The van der Waals surface area contributed by atoms with Gasteiger partial charge in [0.15, 0.2) is 0 Å². The van der Waals surface area contributed by atoms with Gasteiger partial charge >= 0.3 is 0 Å². The third-order valence-electron chi connectivity index (χ3n) is 4.44. The van der Waals surface area contributed by atoms with Gasteiger partial charge in [-0.05, 0) is 38.5 Å². The topological polar surface area (TPSA) is 65.8 Å². The summed E-state index contributed by atoms with van der Waals surface area (Å²) in [5.74, 6) is 0. The molecule has 0 atom stereocenters. The number of nitrogens with zero attached hydrogens (tertiary/aromatic N) is 3. The van der Waals surface area contributed by atoms with Gasteiger partial charge in [-0.3, -0.25) is 0 Å². The van der Waals surface area contributed by atoms with Crippen LogP contribution < -0.4 is 0 Å². The van der Waals surface area contributed by atoms with Gasteiger partial charge in [0.05, 0.1) is 6.61 Å². The van der Waals surface area contributed by atoms with E-state index in [0.29, 0.717) is 5.69 Å². The fourth-order valence-corrected chi connectivity index (χ4v) is 4.35. The Morgan fingerprint density at radius 1 is 1.38 bits per heavy atom. The Morgan fingerprint density at radius 3 is 2.48 bits per heavy atom. The SMILES string of the molecule is CCN1CCC(N(C)S(=O)(=O)c2cc(CO)n(C)c2)CC1. The third-order valence-corrected chi connectivity index (χ3v) is 6.32. The molecule has 0 aliphatic carbocycles. The first kappa shape index (κ1) is 16.5. The van der Waals surface area contributed by atoms with Crippen LogP contribution in [0.2, 0.25) is 0 Å². The first-order chi connectivity index (χ1) is 9.90. The number of aryl methyl sites for hydroxylation is 1. The van der Waals surface area contributed by atoms with Gasteiger partial charge in [-0.1, -0.05) is 6.92 Å². The molecule has 1 saturated heterocycles. The first-order valence-electron chi connectivity index (χ1n) is 7.36. The quantitative estimate of drug-likeness (QED) is 0.865. The molecule has 1 aromatic rings. The van der Waals surface area contributed by atoms with Crippen molar-refractivity contribution >= 4 is 10.0 Å². The summed E-state index contributed by atoms with van der Waals surface area (Å²) in [7, 11) is -0.0914. The van der Waals surface area contributed by atoms with Crippen LogP contribution in [0.15, 0.2) is 17.2 Å². The van der Waals surface area contributed by atoms with Crippen LogP contribution in [0.25, 0.3) is 0 Å². The Bertz CT molecular complexity index is 574. The van der Waals surface area contributed by atoms with E-state index in [1.165, 1.54) is 4.31 Å². The maximum atomic E-state index is 12.7. The number of hydrogen-bond donors (Lipinski definition) is 1. The molecule has 0 radical (unpaired) electrons. The van der Waals surface area contributed by atoms with E-state index in [2.05, 4.69) is 11.8 Å². The average Bonchev–Trinajstić information content (AvgIpc) is 2.88. The Labute approximate surface area is 127 Å². The highest BCUT2D eigenvalue weighted by Crippen LogP contribution is 2.24. The average molecular weight is 315 g/mol. The van der Waals surface area contributed by atoms with Gasteiger partial charge < -0.3 is 14.6 Å². The highest BCUT2D eigenvalue weighted by molar-refractivity contribution is 7.89. The molecular formula is C14H25N3O3S. The summed E-state index contributed by atoms with van der Waals surface area (Å²) >= 11 is 0. The van der Waals surface area contributed by atoms with Crippen molar-refractivity contribution < 1.29 is 13.5 Å². The minimum atomic E-state index is -3.49. The van der Waals surface area contributed by atoms with Crippen LogP contribution in [-0.4, -0.2) is 60.0 Å². The maximum absolute atomic E-state index is 12.7. The summed E-state index contributed by atoms with van der Waals surface area (Å²) in [5, 5.41) is 9.21. The fraction of sp³-hybridized carbons (Fsp3) is 0.714. The Hall–Kier alpha value is -0.890. The minimum absolute atomic E-state index is 0.0515. The Morgan fingerprint density at radius 2 is 2.00 bits per heavy atom. The number of aliphatic hydroxyl groups is 1. The van der Waals surface area contributed by atoms with E-state index < -0.39 is 10.0 Å². The summed E-state index contributed by atoms with van der Waals surface area (Å²) < 4.78 is 28.5. The smallest absolute Gasteiger partial charge is 0.244 e. The van der Waals surface area contributed by atoms with Crippen LogP contribution >= 0.6 is 0 Å². The molecule has 0 spiro atoms. The lowest BCUT2D eigenvalue weighted by atomic mass is 10.1. The summed E-state index contributed by atoms with van der Waals surface area (Å²) in [5.41, 5.74) is 0.600. The van der Waals surface area contributed by atoms with Crippen LogP contribution in [0.4, 0.5) is 0 Å². The van der Waals surface area contributed by atoms with Gasteiger partial charge in [0, 0.05) is 32.0 Å². The van der Waals surface area contributed by atoms with E-state index in [0.717, 1.165) is 32.5 Å². The standard InChI is InChI=1S/C14H25N3O3S/c1-4-17-7-5-12(6-8-17)16(3)21(19,20)14-9-13(11-18)15(2)10-14/h9-10,12,18H,4-8,11H2,1-3H3. The minimum Gasteiger partial charge on any atom is -0.390 e. The van der Waals surface area contributed by atoms with Crippen molar-refractivity contribution in [1.82, 2.24) is 13.8 Å². The molecule has 21 heavy (non-hydrogen) atoms. The summed E-state index contributed by atoms with van der Waals surface area (Å²) in [6.45, 7) is 4.86. The number of piperidine rings is 1. The molecule has 0 unspecified atom stereocenters. The molecule has 1 aliphatic heterocycles. The molecule has 0 saturated carbocycles. The van der Waals surface area contributed by atoms with Crippen LogP contribution in [0.5, 0.6) is 0 Å². The molecule has 1 fully saturated rings. The normalized spacial score (nSPS) is 18.5. The van der Waals surface area contributed by atoms with E-state index in [-0.39, 0.29) is 17.5 Å². The van der Waals surface area contributed by atoms with Gasteiger partial charge in [-0.25, -0.2) is 8.42 Å². The van der Waals surface area contributed by atoms with Crippen molar-refractivity contribution in [1.29, 1.82) is 0 Å². The number of aromatic nitrogens is 1. The molecule has 1 aromatic heterocycles. The highest BCUT2D eigenvalue weighted by atomic mass is 32.2. The lowest BCUT2D eigenvalue weighted by molar-refractivity contribution is 0.176. The number of sulfonamides is 1. The zero-order valence-electron chi connectivity index (χ0n) is 13.0. The largest absolute Gasteiger partial charge is 0.390 e.